The summed E-state index contributed by atoms with van der Waals surface area (Å²) in [6.45, 7) is 0. The van der Waals surface area contributed by atoms with Crippen molar-refractivity contribution >= 4 is 5.84 Å². The van der Waals surface area contributed by atoms with Gasteiger partial charge in [0, 0.05) is 12.5 Å². The average Bonchev–Trinajstić information content (AvgIpc) is 2.68. The zero-order valence-corrected chi connectivity index (χ0v) is 6.83. The van der Waals surface area contributed by atoms with E-state index < -0.39 is 0 Å². The van der Waals surface area contributed by atoms with Gasteiger partial charge >= 0.3 is 0 Å². The second kappa shape index (κ2) is 2.89. The smallest absolute Gasteiger partial charge is 0.126 e. The van der Waals surface area contributed by atoms with Gasteiger partial charge in [-0.25, -0.2) is 5.84 Å². The molecule has 1 fully saturated rings. The van der Waals surface area contributed by atoms with E-state index in [-0.39, 0.29) is 6.17 Å². The van der Waals surface area contributed by atoms with Crippen molar-refractivity contribution in [3.63, 3.8) is 0 Å². The molecule has 1 aliphatic carbocycles. The van der Waals surface area contributed by atoms with Crippen molar-refractivity contribution in [3.8, 4) is 0 Å². The standard InChI is InChI=1S/C6H14N6/c7-5-3-6(9-4-1-2-4)11-12(8)10-5/h4,6,9,11H,1-3,8H2,(H2,7,10). The summed E-state index contributed by atoms with van der Waals surface area (Å²) in [5.74, 6) is 5.99. The molecule has 6 N–H and O–H groups in total. The third kappa shape index (κ3) is 1.84. The van der Waals surface area contributed by atoms with Crippen molar-refractivity contribution in [3.05, 3.63) is 0 Å². The van der Waals surface area contributed by atoms with Gasteiger partial charge < -0.3 is 5.73 Å². The van der Waals surface area contributed by atoms with Gasteiger partial charge in [-0.05, 0) is 12.8 Å². The molecule has 2 aliphatic rings. The van der Waals surface area contributed by atoms with Gasteiger partial charge in [0.05, 0.1) is 6.17 Å². The van der Waals surface area contributed by atoms with E-state index >= 15 is 0 Å². The van der Waals surface area contributed by atoms with Crippen LogP contribution in [0.3, 0.4) is 0 Å². The first-order valence-electron chi connectivity index (χ1n) is 4.14. The second-order valence-corrected chi connectivity index (χ2v) is 3.26. The Labute approximate surface area is 70.9 Å². The highest BCUT2D eigenvalue weighted by Gasteiger charge is 2.27. The van der Waals surface area contributed by atoms with Gasteiger partial charge in [0.1, 0.15) is 5.84 Å². The number of hydrogen-bond acceptors (Lipinski definition) is 6. The maximum atomic E-state index is 5.56. The Kier molecular flexibility index (Phi) is 1.87. The van der Waals surface area contributed by atoms with Crippen molar-refractivity contribution in [2.45, 2.75) is 31.5 Å². The van der Waals surface area contributed by atoms with Gasteiger partial charge in [0.25, 0.3) is 0 Å². The molecule has 6 nitrogen and oxygen atoms in total. The molecule has 1 atom stereocenters. The number of nitrogens with two attached hydrogens (primary N) is 2. The number of hydrogen-bond donors (Lipinski definition) is 4. The van der Waals surface area contributed by atoms with Crippen LogP contribution in [0.5, 0.6) is 0 Å². The average molecular weight is 170 g/mol. The summed E-state index contributed by atoms with van der Waals surface area (Å²) < 4.78 is 0. The van der Waals surface area contributed by atoms with Crippen molar-refractivity contribution in [2.24, 2.45) is 16.7 Å². The summed E-state index contributed by atoms with van der Waals surface area (Å²) in [5, 5.41) is 8.34. The minimum absolute atomic E-state index is 0.139. The number of nitrogens with one attached hydrogen (secondary N) is 2. The van der Waals surface area contributed by atoms with Crippen LogP contribution in [0.25, 0.3) is 0 Å². The van der Waals surface area contributed by atoms with Crippen LogP contribution in [0.4, 0.5) is 0 Å². The normalized spacial score (nSPS) is 30.2. The maximum absolute atomic E-state index is 5.56. The van der Waals surface area contributed by atoms with E-state index in [0.29, 0.717) is 18.3 Å². The lowest BCUT2D eigenvalue weighted by Crippen LogP contribution is -2.57. The molecule has 1 aliphatic heterocycles. The van der Waals surface area contributed by atoms with Crippen LogP contribution in [0, 0.1) is 0 Å². The Morgan fingerprint density at radius 3 is 2.92 bits per heavy atom. The molecular formula is C6H14N6. The monoisotopic (exact) mass is 170 g/mol. The second-order valence-electron chi connectivity index (χ2n) is 3.26. The van der Waals surface area contributed by atoms with E-state index in [0.717, 1.165) is 0 Å². The van der Waals surface area contributed by atoms with E-state index in [1.165, 1.54) is 18.1 Å². The van der Waals surface area contributed by atoms with Crippen LogP contribution in [0.2, 0.25) is 0 Å². The Morgan fingerprint density at radius 2 is 2.33 bits per heavy atom. The van der Waals surface area contributed by atoms with Crippen LogP contribution in [-0.4, -0.2) is 23.3 Å². The molecule has 0 aromatic rings. The lowest BCUT2D eigenvalue weighted by Gasteiger charge is -2.28. The van der Waals surface area contributed by atoms with Crippen molar-refractivity contribution < 1.29 is 0 Å². The Balaban J connectivity index is 1.87. The largest absolute Gasteiger partial charge is 0.386 e. The highest BCUT2D eigenvalue weighted by Crippen LogP contribution is 2.19. The topological polar surface area (TPSA) is 91.7 Å². The Morgan fingerprint density at radius 1 is 1.58 bits per heavy atom. The first-order chi connectivity index (χ1) is 5.74. The minimum atomic E-state index is 0.139. The Hall–Kier alpha value is -0.850. The molecular weight excluding hydrogens is 156 g/mol. The molecule has 1 unspecified atom stereocenters. The quantitative estimate of drug-likeness (QED) is 0.375. The summed E-state index contributed by atoms with van der Waals surface area (Å²) in [7, 11) is 0. The fraction of sp³-hybridized carbons (Fsp3) is 0.833. The molecule has 1 saturated carbocycles. The Bertz CT molecular complexity index is 198. The summed E-state index contributed by atoms with van der Waals surface area (Å²) in [5.41, 5.74) is 8.51. The van der Waals surface area contributed by atoms with Crippen LogP contribution < -0.4 is 22.3 Å². The third-order valence-corrected chi connectivity index (χ3v) is 1.95. The predicted molar refractivity (Wildman–Crippen MR) is 45.3 cm³/mol. The van der Waals surface area contributed by atoms with Gasteiger partial charge in [-0.3, -0.25) is 5.32 Å². The first kappa shape index (κ1) is 7.78. The number of nitrogens with zero attached hydrogens (tertiary/aromatic N) is 2. The van der Waals surface area contributed by atoms with Gasteiger partial charge in [0.2, 0.25) is 0 Å². The predicted octanol–water partition coefficient (Wildman–Crippen LogP) is -1.58. The first-order valence-corrected chi connectivity index (χ1v) is 4.14. The van der Waals surface area contributed by atoms with E-state index in [9.17, 15) is 0 Å². The van der Waals surface area contributed by atoms with E-state index in [1.54, 1.807) is 0 Å². The van der Waals surface area contributed by atoms with Crippen LogP contribution in [-0.2, 0) is 0 Å². The summed E-state index contributed by atoms with van der Waals surface area (Å²) in [6.07, 6.45) is 3.35. The highest BCUT2D eigenvalue weighted by molar-refractivity contribution is 5.80. The van der Waals surface area contributed by atoms with Crippen LogP contribution in [0.15, 0.2) is 5.10 Å². The highest BCUT2D eigenvalue weighted by atomic mass is 15.8. The maximum Gasteiger partial charge on any atom is 0.126 e. The van der Waals surface area contributed by atoms with Crippen molar-refractivity contribution in [2.75, 3.05) is 0 Å². The zero-order chi connectivity index (χ0) is 8.55. The fourth-order valence-electron chi connectivity index (χ4n) is 1.25. The molecule has 0 saturated heterocycles. The molecule has 0 aromatic heterocycles. The molecule has 12 heavy (non-hydrogen) atoms. The van der Waals surface area contributed by atoms with Crippen molar-refractivity contribution in [1.29, 1.82) is 0 Å². The van der Waals surface area contributed by atoms with Crippen LogP contribution >= 0.6 is 0 Å². The zero-order valence-electron chi connectivity index (χ0n) is 6.83. The summed E-state index contributed by atoms with van der Waals surface area (Å²) >= 11 is 0. The molecule has 0 amide bonds. The molecule has 0 spiro atoms. The number of amidine groups is 1. The number of hydrazone groups is 1. The van der Waals surface area contributed by atoms with E-state index in [2.05, 4.69) is 15.8 Å². The molecule has 0 aromatic carbocycles. The van der Waals surface area contributed by atoms with Crippen LogP contribution in [0.1, 0.15) is 19.3 Å². The van der Waals surface area contributed by atoms with Gasteiger partial charge in [0.15, 0.2) is 0 Å². The SMILES string of the molecule is NC1=NN(N)NC(NC2CC2)C1. The minimum Gasteiger partial charge on any atom is -0.386 e. The van der Waals surface area contributed by atoms with Gasteiger partial charge in [-0.1, -0.05) is 0 Å². The van der Waals surface area contributed by atoms with Gasteiger partial charge in [-0.15, -0.1) is 5.10 Å². The molecule has 0 bridgehead atoms. The summed E-state index contributed by atoms with van der Waals surface area (Å²) in [4.78, 5) is 0. The third-order valence-electron chi connectivity index (χ3n) is 1.95. The molecule has 6 heteroatoms. The van der Waals surface area contributed by atoms with Gasteiger partial charge in [-0.2, -0.15) is 10.7 Å². The fourth-order valence-corrected chi connectivity index (χ4v) is 1.25. The van der Waals surface area contributed by atoms with E-state index in [1.807, 2.05) is 0 Å². The van der Waals surface area contributed by atoms with E-state index in [4.69, 9.17) is 11.6 Å². The molecule has 0 radical (unpaired) electrons. The number of hydrazine groups is 2. The lowest BCUT2D eigenvalue weighted by molar-refractivity contribution is 0.137. The molecule has 2 rings (SSSR count). The molecule has 68 valence electrons. The summed E-state index contributed by atoms with van der Waals surface area (Å²) in [6, 6.07) is 0.641. The molecule has 1 heterocycles. The lowest BCUT2D eigenvalue weighted by atomic mass is 10.3. The number of rotatable bonds is 2. The van der Waals surface area contributed by atoms with Crippen molar-refractivity contribution in [1.82, 2.24) is 16.0 Å².